The average Bonchev–Trinajstić information content (AvgIpc) is 2.59. The fourth-order valence-electron chi connectivity index (χ4n) is 2.11. The summed E-state index contributed by atoms with van der Waals surface area (Å²) in [6.07, 6.45) is 0. The minimum Gasteiger partial charge on any atom is -0.497 e. The molecule has 0 aliphatic rings. The van der Waals surface area contributed by atoms with Gasteiger partial charge < -0.3 is 19.0 Å². The maximum atomic E-state index is 5.93. The number of para-hydroxylation sites is 1. The molecule has 0 bridgehead atoms. The van der Waals surface area contributed by atoms with Crippen LogP contribution in [0.5, 0.6) is 23.0 Å². The summed E-state index contributed by atoms with van der Waals surface area (Å²) in [5.41, 5.74) is 0.806. The summed E-state index contributed by atoms with van der Waals surface area (Å²) in [5, 5.41) is 1.75. The molecule has 0 aliphatic carbocycles. The molecular weight excluding hydrogens is 282 g/mol. The van der Waals surface area contributed by atoms with E-state index in [9.17, 15) is 0 Å². The van der Waals surface area contributed by atoms with Gasteiger partial charge in [0.05, 0.1) is 27.9 Å². The molecular formula is C17H21NO4. The van der Waals surface area contributed by atoms with Gasteiger partial charge in [-0.25, -0.2) is 5.06 Å². The zero-order valence-corrected chi connectivity index (χ0v) is 13.3. The van der Waals surface area contributed by atoms with Crippen LogP contribution in [0.3, 0.4) is 0 Å². The Balaban J connectivity index is 2.27. The Kier molecular flexibility index (Phi) is 5.36. The lowest BCUT2D eigenvalue weighted by Crippen LogP contribution is -2.27. The molecule has 2 aromatic rings. The molecule has 0 saturated carbocycles. The van der Waals surface area contributed by atoms with E-state index in [0.717, 1.165) is 11.4 Å². The fourth-order valence-corrected chi connectivity index (χ4v) is 2.11. The maximum absolute atomic E-state index is 5.93. The molecule has 5 nitrogen and oxygen atoms in total. The van der Waals surface area contributed by atoms with Crippen LogP contribution in [0.4, 0.5) is 5.69 Å². The van der Waals surface area contributed by atoms with Gasteiger partial charge in [0.25, 0.3) is 0 Å². The van der Waals surface area contributed by atoms with Crippen LogP contribution in [0, 0.1) is 0 Å². The first-order chi connectivity index (χ1) is 10.7. The Bertz CT molecular complexity index is 598. The Morgan fingerprint density at radius 2 is 1.50 bits per heavy atom. The van der Waals surface area contributed by atoms with Gasteiger partial charge >= 0.3 is 0 Å². The van der Waals surface area contributed by atoms with E-state index < -0.39 is 0 Å². The van der Waals surface area contributed by atoms with Gasteiger partial charge in [0, 0.05) is 0 Å². The van der Waals surface area contributed by atoms with Gasteiger partial charge in [-0.1, -0.05) is 6.07 Å². The summed E-state index contributed by atoms with van der Waals surface area (Å²) in [6.45, 7) is 2.65. The van der Waals surface area contributed by atoms with Crippen molar-refractivity contribution < 1.29 is 19.0 Å². The van der Waals surface area contributed by atoms with E-state index in [1.165, 1.54) is 0 Å². The highest BCUT2D eigenvalue weighted by Gasteiger charge is 2.16. The van der Waals surface area contributed by atoms with Crippen LogP contribution < -0.4 is 24.1 Å². The van der Waals surface area contributed by atoms with Gasteiger partial charge in [-0.15, -0.1) is 0 Å². The molecule has 0 saturated heterocycles. The average molecular weight is 303 g/mol. The molecule has 22 heavy (non-hydrogen) atoms. The topological polar surface area (TPSA) is 40.2 Å². The monoisotopic (exact) mass is 303 g/mol. The molecule has 0 radical (unpaired) electrons. The minimum atomic E-state index is 0.639. The van der Waals surface area contributed by atoms with Crippen molar-refractivity contribution in [1.82, 2.24) is 0 Å². The number of methoxy groups -OCH3 is 3. The van der Waals surface area contributed by atoms with Gasteiger partial charge in [-0.3, -0.25) is 0 Å². The predicted octanol–water partition coefficient (Wildman–Crippen LogP) is 3.53. The second kappa shape index (κ2) is 7.45. The summed E-state index contributed by atoms with van der Waals surface area (Å²) in [6, 6.07) is 13.1. The van der Waals surface area contributed by atoms with Gasteiger partial charge in [0.15, 0.2) is 17.2 Å². The van der Waals surface area contributed by atoms with E-state index in [4.69, 9.17) is 19.0 Å². The van der Waals surface area contributed by atoms with Gasteiger partial charge in [0.2, 0.25) is 0 Å². The highest BCUT2D eigenvalue weighted by molar-refractivity contribution is 5.63. The van der Waals surface area contributed by atoms with Crippen molar-refractivity contribution in [1.29, 1.82) is 0 Å². The van der Waals surface area contributed by atoms with Gasteiger partial charge in [0.1, 0.15) is 11.4 Å². The van der Waals surface area contributed by atoms with E-state index >= 15 is 0 Å². The van der Waals surface area contributed by atoms with Crippen molar-refractivity contribution in [2.75, 3.05) is 32.9 Å². The van der Waals surface area contributed by atoms with E-state index in [2.05, 4.69) is 0 Å². The molecule has 0 fully saturated rings. The molecule has 0 spiro atoms. The number of hydrogen-bond acceptors (Lipinski definition) is 5. The third-order valence-electron chi connectivity index (χ3n) is 3.21. The normalized spacial score (nSPS) is 10.0. The summed E-state index contributed by atoms with van der Waals surface area (Å²) >= 11 is 0. The van der Waals surface area contributed by atoms with Crippen molar-refractivity contribution in [3.8, 4) is 23.0 Å². The molecule has 0 heterocycles. The van der Waals surface area contributed by atoms with E-state index in [-0.39, 0.29) is 0 Å². The van der Waals surface area contributed by atoms with Crippen LogP contribution in [0.15, 0.2) is 42.5 Å². The standard InChI is InChI=1S/C17H21NO4/c1-5-18(22-14-11-9-13(19-2)10-12-14)15-7-6-8-16(20-3)17(15)21-4/h6-12H,5H2,1-4H3. The SMILES string of the molecule is CCN(Oc1ccc(OC)cc1)c1cccc(OC)c1OC. The fraction of sp³-hybridized carbons (Fsp3) is 0.294. The van der Waals surface area contributed by atoms with Crippen molar-refractivity contribution >= 4 is 5.69 Å². The number of hydrogen-bond donors (Lipinski definition) is 0. The molecule has 0 atom stereocenters. The first-order valence-electron chi connectivity index (χ1n) is 7.04. The van der Waals surface area contributed by atoms with Crippen LogP contribution in [0.25, 0.3) is 0 Å². The number of benzene rings is 2. The van der Waals surface area contributed by atoms with Crippen molar-refractivity contribution in [3.05, 3.63) is 42.5 Å². The molecule has 0 aliphatic heterocycles. The summed E-state index contributed by atoms with van der Waals surface area (Å²) < 4.78 is 15.9. The molecule has 0 aromatic heterocycles. The maximum Gasteiger partial charge on any atom is 0.187 e. The quantitative estimate of drug-likeness (QED) is 0.732. The lowest BCUT2D eigenvalue weighted by molar-refractivity contribution is 0.276. The van der Waals surface area contributed by atoms with Crippen LogP contribution in [-0.4, -0.2) is 27.9 Å². The third kappa shape index (κ3) is 3.36. The lowest BCUT2D eigenvalue weighted by Gasteiger charge is -2.25. The largest absolute Gasteiger partial charge is 0.497 e. The molecule has 0 unspecified atom stereocenters. The molecule has 2 rings (SSSR count). The van der Waals surface area contributed by atoms with Crippen LogP contribution in [0.2, 0.25) is 0 Å². The molecule has 5 heteroatoms. The van der Waals surface area contributed by atoms with Crippen molar-refractivity contribution in [2.45, 2.75) is 6.92 Å². The molecule has 0 N–H and O–H groups in total. The second-order valence-corrected chi connectivity index (χ2v) is 4.47. The zero-order valence-electron chi connectivity index (χ0n) is 13.3. The van der Waals surface area contributed by atoms with Crippen molar-refractivity contribution in [2.24, 2.45) is 0 Å². The molecule has 0 amide bonds. The summed E-state index contributed by atoms with van der Waals surface area (Å²) in [4.78, 5) is 5.93. The summed E-state index contributed by atoms with van der Waals surface area (Å²) in [7, 11) is 4.86. The first-order valence-corrected chi connectivity index (χ1v) is 7.04. The molecule has 118 valence electrons. The Labute approximate surface area is 130 Å². The van der Waals surface area contributed by atoms with Crippen LogP contribution in [-0.2, 0) is 0 Å². The third-order valence-corrected chi connectivity index (χ3v) is 3.21. The Morgan fingerprint density at radius 3 is 2.05 bits per heavy atom. The zero-order chi connectivity index (χ0) is 15.9. The van der Waals surface area contributed by atoms with Gasteiger partial charge in [-0.2, -0.15) is 0 Å². The number of hydroxylamine groups is 1. The predicted molar refractivity (Wildman–Crippen MR) is 86.2 cm³/mol. The summed E-state index contributed by atoms with van der Waals surface area (Å²) in [5.74, 6) is 2.80. The van der Waals surface area contributed by atoms with Crippen molar-refractivity contribution in [3.63, 3.8) is 0 Å². The number of ether oxygens (including phenoxy) is 3. The lowest BCUT2D eigenvalue weighted by atomic mass is 10.2. The van der Waals surface area contributed by atoms with Crippen LogP contribution in [0.1, 0.15) is 6.92 Å². The highest BCUT2D eigenvalue weighted by atomic mass is 16.7. The van der Waals surface area contributed by atoms with E-state index in [1.54, 1.807) is 26.4 Å². The number of rotatable bonds is 7. The van der Waals surface area contributed by atoms with E-state index in [0.29, 0.717) is 23.8 Å². The Hall–Kier alpha value is -2.56. The van der Waals surface area contributed by atoms with Crippen LogP contribution >= 0.6 is 0 Å². The van der Waals surface area contributed by atoms with E-state index in [1.807, 2.05) is 49.4 Å². The number of nitrogens with zero attached hydrogens (tertiary/aromatic N) is 1. The second-order valence-electron chi connectivity index (χ2n) is 4.47. The Morgan fingerprint density at radius 1 is 0.818 bits per heavy atom. The number of anilines is 1. The highest BCUT2D eigenvalue weighted by Crippen LogP contribution is 2.37. The molecule has 2 aromatic carbocycles. The minimum absolute atomic E-state index is 0.639. The smallest absolute Gasteiger partial charge is 0.187 e. The first kappa shape index (κ1) is 15.8. The van der Waals surface area contributed by atoms with Gasteiger partial charge in [-0.05, 0) is 43.3 Å².